The summed E-state index contributed by atoms with van der Waals surface area (Å²) in [7, 11) is 0. The molecular formula is C18H14N4O2S. The van der Waals surface area contributed by atoms with E-state index >= 15 is 0 Å². The molecule has 1 amide bonds. The molecule has 3 aromatic rings. The molecule has 124 valence electrons. The fraction of sp³-hybridized carbons (Fsp3) is 0.0556. The summed E-state index contributed by atoms with van der Waals surface area (Å²) >= 11 is 1.56. The number of nitrogens with zero attached hydrogens (tertiary/aromatic N) is 2. The van der Waals surface area contributed by atoms with Gasteiger partial charge in [0, 0.05) is 23.0 Å². The Morgan fingerprint density at radius 3 is 2.84 bits per heavy atom. The zero-order valence-corrected chi connectivity index (χ0v) is 13.9. The second-order valence-corrected chi connectivity index (χ2v) is 6.37. The van der Waals surface area contributed by atoms with Crippen LogP contribution < -0.4 is 10.6 Å². The highest BCUT2D eigenvalue weighted by Gasteiger charge is 2.18. The van der Waals surface area contributed by atoms with Gasteiger partial charge in [-0.05, 0) is 29.8 Å². The Morgan fingerprint density at radius 1 is 1.12 bits per heavy atom. The first-order valence-electron chi connectivity index (χ1n) is 7.65. The van der Waals surface area contributed by atoms with E-state index < -0.39 is 6.09 Å². The molecule has 0 saturated heterocycles. The maximum absolute atomic E-state index is 11.9. The van der Waals surface area contributed by atoms with E-state index in [0.29, 0.717) is 5.69 Å². The molecule has 0 atom stereocenters. The third-order valence-electron chi connectivity index (χ3n) is 3.56. The average molecular weight is 350 g/mol. The first-order valence-corrected chi connectivity index (χ1v) is 8.47. The van der Waals surface area contributed by atoms with Crippen molar-refractivity contribution in [2.45, 2.75) is 16.5 Å². The van der Waals surface area contributed by atoms with Gasteiger partial charge in [0.25, 0.3) is 0 Å². The molecule has 0 fully saturated rings. The van der Waals surface area contributed by atoms with Gasteiger partial charge in [0.05, 0.1) is 5.69 Å². The summed E-state index contributed by atoms with van der Waals surface area (Å²) < 4.78 is 5.28. The van der Waals surface area contributed by atoms with Crippen LogP contribution in [0.3, 0.4) is 0 Å². The van der Waals surface area contributed by atoms with Crippen molar-refractivity contribution >= 4 is 35.0 Å². The molecule has 2 N–H and O–H groups in total. The van der Waals surface area contributed by atoms with Gasteiger partial charge < -0.3 is 10.1 Å². The Balaban J connectivity index is 1.40. The van der Waals surface area contributed by atoms with E-state index in [1.54, 1.807) is 36.3 Å². The molecule has 2 heterocycles. The number of para-hydroxylation sites is 1. The number of amides is 1. The summed E-state index contributed by atoms with van der Waals surface area (Å²) in [5, 5.41) is 6.79. The van der Waals surface area contributed by atoms with E-state index in [-0.39, 0.29) is 6.61 Å². The number of carbonyl (C=O) groups excluding carboxylic acids is 1. The molecule has 0 saturated carbocycles. The summed E-state index contributed by atoms with van der Waals surface area (Å²) in [5.41, 5.74) is 2.52. The molecule has 4 rings (SSSR count). The van der Waals surface area contributed by atoms with Crippen LogP contribution in [0.25, 0.3) is 0 Å². The summed E-state index contributed by atoms with van der Waals surface area (Å²) in [6.07, 6.45) is 2.84. The van der Waals surface area contributed by atoms with Gasteiger partial charge in [-0.25, -0.2) is 14.8 Å². The van der Waals surface area contributed by atoms with Gasteiger partial charge in [-0.3, -0.25) is 5.32 Å². The fourth-order valence-electron chi connectivity index (χ4n) is 2.40. The highest BCUT2D eigenvalue weighted by Crippen LogP contribution is 2.42. The van der Waals surface area contributed by atoms with Gasteiger partial charge >= 0.3 is 6.09 Å². The summed E-state index contributed by atoms with van der Waals surface area (Å²) in [4.78, 5) is 21.5. The quantitative estimate of drug-likeness (QED) is 0.569. The minimum Gasteiger partial charge on any atom is -0.444 e. The van der Waals surface area contributed by atoms with Crippen molar-refractivity contribution in [1.82, 2.24) is 9.97 Å². The standard InChI is InChI=1S/C18H14N4O2S/c23-18(21-13-4-2-1-3-5-13)24-11-12-6-7-15-14(10-12)22-16-17(25-15)20-9-8-19-16/h1-10H,11H2,(H,19,22)(H,21,23). The minimum absolute atomic E-state index is 0.186. The van der Waals surface area contributed by atoms with E-state index in [2.05, 4.69) is 20.6 Å². The van der Waals surface area contributed by atoms with Gasteiger partial charge in [0.1, 0.15) is 11.6 Å². The smallest absolute Gasteiger partial charge is 0.411 e. The molecule has 1 aliphatic rings. The minimum atomic E-state index is -0.484. The maximum atomic E-state index is 11.9. The van der Waals surface area contributed by atoms with Gasteiger partial charge in [0.2, 0.25) is 0 Å². The summed E-state index contributed by atoms with van der Waals surface area (Å²) in [5.74, 6) is 0.736. The van der Waals surface area contributed by atoms with Crippen LogP contribution in [0.5, 0.6) is 0 Å². The topological polar surface area (TPSA) is 76.1 Å². The molecular weight excluding hydrogens is 336 g/mol. The number of rotatable bonds is 3. The molecule has 1 aliphatic heterocycles. The Morgan fingerprint density at radius 2 is 1.96 bits per heavy atom. The lowest BCUT2D eigenvalue weighted by Gasteiger charge is -2.19. The molecule has 0 spiro atoms. The zero-order chi connectivity index (χ0) is 17.1. The van der Waals surface area contributed by atoms with Gasteiger partial charge in [-0.15, -0.1) is 0 Å². The number of ether oxygens (including phenoxy) is 1. The molecule has 0 unspecified atom stereocenters. The van der Waals surface area contributed by atoms with Crippen LogP contribution in [0.1, 0.15) is 5.56 Å². The number of aromatic nitrogens is 2. The molecule has 2 aromatic carbocycles. The first kappa shape index (κ1) is 15.5. The fourth-order valence-corrected chi connectivity index (χ4v) is 3.27. The monoisotopic (exact) mass is 350 g/mol. The van der Waals surface area contributed by atoms with Crippen LogP contribution in [-0.2, 0) is 11.3 Å². The van der Waals surface area contributed by atoms with E-state index in [4.69, 9.17) is 4.74 Å². The number of fused-ring (bicyclic) bond motifs is 2. The number of benzene rings is 2. The largest absolute Gasteiger partial charge is 0.444 e. The number of carbonyl (C=O) groups is 1. The SMILES string of the molecule is O=C(Nc1ccccc1)OCc1ccc2c(c1)Nc1nccnc1S2. The van der Waals surface area contributed by atoms with Crippen LogP contribution in [0.2, 0.25) is 0 Å². The van der Waals surface area contributed by atoms with Gasteiger partial charge in [-0.1, -0.05) is 36.0 Å². The predicted molar refractivity (Wildman–Crippen MR) is 96.1 cm³/mol. The molecule has 0 aliphatic carbocycles. The second kappa shape index (κ2) is 6.82. The highest BCUT2D eigenvalue weighted by atomic mass is 32.2. The molecule has 25 heavy (non-hydrogen) atoms. The highest BCUT2D eigenvalue weighted by molar-refractivity contribution is 7.99. The number of hydrogen-bond donors (Lipinski definition) is 2. The van der Waals surface area contributed by atoms with Crippen molar-refractivity contribution in [2.75, 3.05) is 10.6 Å². The molecule has 7 heteroatoms. The normalized spacial score (nSPS) is 11.7. The van der Waals surface area contributed by atoms with Crippen molar-refractivity contribution in [3.8, 4) is 0 Å². The Bertz CT molecular complexity index is 918. The third kappa shape index (κ3) is 3.56. The van der Waals surface area contributed by atoms with Crippen LogP contribution in [-0.4, -0.2) is 16.1 Å². The van der Waals surface area contributed by atoms with E-state index in [9.17, 15) is 4.79 Å². The van der Waals surface area contributed by atoms with Crippen molar-refractivity contribution in [1.29, 1.82) is 0 Å². The van der Waals surface area contributed by atoms with Gasteiger partial charge in [-0.2, -0.15) is 0 Å². The molecule has 6 nitrogen and oxygen atoms in total. The average Bonchev–Trinajstić information content (AvgIpc) is 2.65. The van der Waals surface area contributed by atoms with Crippen molar-refractivity contribution in [3.05, 3.63) is 66.5 Å². The van der Waals surface area contributed by atoms with Crippen molar-refractivity contribution in [2.24, 2.45) is 0 Å². The van der Waals surface area contributed by atoms with Crippen LogP contribution in [0.15, 0.2) is 70.8 Å². The predicted octanol–water partition coefficient (Wildman–Crippen LogP) is 4.43. The lowest BCUT2D eigenvalue weighted by molar-refractivity contribution is 0.155. The van der Waals surface area contributed by atoms with Crippen LogP contribution >= 0.6 is 11.8 Å². The van der Waals surface area contributed by atoms with Gasteiger partial charge in [0.15, 0.2) is 5.82 Å². The zero-order valence-electron chi connectivity index (χ0n) is 13.1. The van der Waals surface area contributed by atoms with E-state index in [0.717, 1.165) is 27.0 Å². The first-order chi connectivity index (χ1) is 12.3. The lowest BCUT2D eigenvalue weighted by atomic mass is 10.2. The second-order valence-electron chi connectivity index (χ2n) is 5.33. The van der Waals surface area contributed by atoms with E-state index in [1.165, 1.54) is 0 Å². The molecule has 0 bridgehead atoms. The number of anilines is 3. The van der Waals surface area contributed by atoms with Crippen molar-refractivity contribution < 1.29 is 9.53 Å². The summed E-state index contributed by atoms with van der Waals surface area (Å²) in [6, 6.07) is 15.1. The van der Waals surface area contributed by atoms with Crippen LogP contribution in [0, 0.1) is 0 Å². The van der Waals surface area contributed by atoms with E-state index in [1.807, 2.05) is 36.4 Å². The maximum Gasteiger partial charge on any atom is 0.411 e. The number of nitrogens with one attached hydrogen (secondary N) is 2. The Kier molecular flexibility index (Phi) is 4.22. The summed E-state index contributed by atoms with van der Waals surface area (Å²) in [6.45, 7) is 0.186. The molecule has 0 radical (unpaired) electrons. The number of hydrogen-bond acceptors (Lipinski definition) is 6. The third-order valence-corrected chi connectivity index (χ3v) is 4.63. The molecule has 1 aromatic heterocycles. The van der Waals surface area contributed by atoms with Crippen LogP contribution in [0.4, 0.5) is 22.0 Å². The lowest BCUT2D eigenvalue weighted by Crippen LogP contribution is -2.13. The Hall–Kier alpha value is -3.06. The van der Waals surface area contributed by atoms with Crippen molar-refractivity contribution in [3.63, 3.8) is 0 Å². The Labute approximate surface area is 148 Å².